The van der Waals surface area contributed by atoms with E-state index in [2.05, 4.69) is 20.4 Å². The summed E-state index contributed by atoms with van der Waals surface area (Å²) >= 11 is 0. The van der Waals surface area contributed by atoms with Crippen LogP contribution in [0.3, 0.4) is 0 Å². The molecule has 0 aliphatic carbocycles. The predicted molar refractivity (Wildman–Crippen MR) is 107 cm³/mol. The first-order chi connectivity index (χ1) is 12.0. The molecule has 2 aromatic carbocycles. The Bertz CT molecular complexity index is 676. The maximum atomic E-state index is 12.1. The standard InChI is InChI=1S/C18H20F3N3O.HI/c1-22-17(23-11-14-5-3-2-4-6-14)24-12-15-7-9-16(10-8-15)25-13-18(19,20)21;/h2-10H,11-13H2,1H3,(H2,22,23,24);1H. The Morgan fingerprint density at radius 1 is 0.923 bits per heavy atom. The molecule has 0 saturated heterocycles. The van der Waals surface area contributed by atoms with Crippen molar-refractivity contribution in [3.8, 4) is 5.75 Å². The SMILES string of the molecule is CN=C(NCc1ccccc1)NCc1ccc(OCC(F)(F)F)cc1.I. The molecule has 0 atom stereocenters. The van der Waals surface area contributed by atoms with Gasteiger partial charge in [-0.1, -0.05) is 42.5 Å². The third-order valence-corrected chi connectivity index (χ3v) is 3.31. The minimum atomic E-state index is -4.34. The highest BCUT2D eigenvalue weighted by Crippen LogP contribution is 2.18. The van der Waals surface area contributed by atoms with Crippen molar-refractivity contribution in [1.29, 1.82) is 0 Å². The monoisotopic (exact) mass is 479 g/mol. The number of benzene rings is 2. The Kier molecular flexibility index (Phi) is 9.25. The zero-order valence-corrected chi connectivity index (χ0v) is 16.5. The molecular weight excluding hydrogens is 458 g/mol. The Hall–Kier alpha value is -1.97. The van der Waals surface area contributed by atoms with Gasteiger partial charge < -0.3 is 15.4 Å². The summed E-state index contributed by atoms with van der Waals surface area (Å²) in [7, 11) is 1.68. The minimum Gasteiger partial charge on any atom is -0.484 e. The van der Waals surface area contributed by atoms with Crippen molar-refractivity contribution in [1.82, 2.24) is 10.6 Å². The zero-order valence-electron chi connectivity index (χ0n) is 14.2. The average molecular weight is 479 g/mol. The van der Waals surface area contributed by atoms with Crippen molar-refractivity contribution < 1.29 is 17.9 Å². The number of guanidine groups is 1. The molecule has 0 heterocycles. The molecule has 0 spiro atoms. The number of alkyl halides is 3. The largest absolute Gasteiger partial charge is 0.484 e. The van der Waals surface area contributed by atoms with Crippen LogP contribution in [0, 0.1) is 0 Å². The molecule has 0 fully saturated rings. The summed E-state index contributed by atoms with van der Waals surface area (Å²) in [4.78, 5) is 4.14. The normalized spacial score (nSPS) is 11.5. The van der Waals surface area contributed by atoms with Crippen molar-refractivity contribution >= 4 is 29.9 Å². The topological polar surface area (TPSA) is 45.7 Å². The van der Waals surface area contributed by atoms with Gasteiger partial charge in [-0.2, -0.15) is 13.2 Å². The highest BCUT2D eigenvalue weighted by Gasteiger charge is 2.28. The lowest BCUT2D eigenvalue weighted by Crippen LogP contribution is -2.36. The summed E-state index contributed by atoms with van der Waals surface area (Å²) in [5.74, 6) is 0.828. The van der Waals surface area contributed by atoms with Crippen LogP contribution in [-0.2, 0) is 13.1 Å². The number of aliphatic imine (C=N–C) groups is 1. The van der Waals surface area contributed by atoms with E-state index >= 15 is 0 Å². The Balaban J connectivity index is 0.00000338. The number of rotatable bonds is 6. The maximum absolute atomic E-state index is 12.1. The van der Waals surface area contributed by atoms with E-state index in [4.69, 9.17) is 0 Å². The molecule has 0 amide bonds. The third kappa shape index (κ3) is 8.41. The molecule has 4 nitrogen and oxygen atoms in total. The second-order valence-corrected chi connectivity index (χ2v) is 5.31. The molecule has 0 aromatic heterocycles. The molecule has 2 N–H and O–H groups in total. The summed E-state index contributed by atoms with van der Waals surface area (Å²) in [5.41, 5.74) is 2.04. The first-order valence-corrected chi connectivity index (χ1v) is 7.73. The van der Waals surface area contributed by atoms with Gasteiger partial charge in [-0.15, -0.1) is 24.0 Å². The van der Waals surface area contributed by atoms with E-state index in [1.807, 2.05) is 30.3 Å². The van der Waals surface area contributed by atoms with Gasteiger partial charge in [0.05, 0.1) is 0 Å². The van der Waals surface area contributed by atoms with E-state index < -0.39 is 12.8 Å². The third-order valence-electron chi connectivity index (χ3n) is 3.31. The molecule has 2 rings (SSSR count). The van der Waals surface area contributed by atoms with Gasteiger partial charge in [-0.3, -0.25) is 4.99 Å². The number of nitrogens with zero attached hydrogens (tertiary/aromatic N) is 1. The van der Waals surface area contributed by atoms with Crippen LogP contribution in [0.15, 0.2) is 59.6 Å². The summed E-state index contributed by atoms with van der Waals surface area (Å²) in [6, 6.07) is 16.4. The van der Waals surface area contributed by atoms with E-state index in [-0.39, 0.29) is 29.7 Å². The van der Waals surface area contributed by atoms with Crippen LogP contribution in [0.2, 0.25) is 0 Å². The second kappa shape index (κ2) is 10.9. The molecule has 0 aliphatic heterocycles. The molecule has 142 valence electrons. The quantitative estimate of drug-likeness (QED) is 0.373. The van der Waals surface area contributed by atoms with E-state index in [9.17, 15) is 13.2 Å². The van der Waals surface area contributed by atoms with Gasteiger partial charge in [-0.05, 0) is 23.3 Å². The fraction of sp³-hybridized carbons (Fsp3) is 0.278. The average Bonchev–Trinajstić information content (AvgIpc) is 2.61. The van der Waals surface area contributed by atoms with E-state index in [1.54, 1.807) is 19.2 Å². The predicted octanol–water partition coefficient (Wildman–Crippen LogP) is 4.11. The molecule has 0 saturated carbocycles. The Morgan fingerprint density at radius 3 is 1.96 bits per heavy atom. The summed E-state index contributed by atoms with van der Waals surface area (Å²) in [6.45, 7) is -0.153. The van der Waals surface area contributed by atoms with Gasteiger partial charge in [0.25, 0.3) is 0 Å². The second-order valence-electron chi connectivity index (χ2n) is 5.31. The van der Waals surface area contributed by atoms with E-state index in [1.165, 1.54) is 12.1 Å². The van der Waals surface area contributed by atoms with E-state index in [0.29, 0.717) is 19.0 Å². The number of halogens is 4. The van der Waals surface area contributed by atoms with Crippen molar-refractivity contribution in [3.05, 3.63) is 65.7 Å². The van der Waals surface area contributed by atoms with Crippen LogP contribution in [0.25, 0.3) is 0 Å². The first-order valence-electron chi connectivity index (χ1n) is 7.73. The van der Waals surface area contributed by atoms with E-state index in [0.717, 1.165) is 11.1 Å². The molecule has 0 aliphatic rings. The van der Waals surface area contributed by atoms with Crippen LogP contribution < -0.4 is 15.4 Å². The smallest absolute Gasteiger partial charge is 0.422 e. The lowest BCUT2D eigenvalue weighted by Gasteiger charge is -2.13. The first kappa shape index (κ1) is 22.1. The fourth-order valence-electron chi connectivity index (χ4n) is 2.06. The molecule has 26 heavy (non-hydrogen) atoms. The summed E-state index contributed by atoms with van der Waals surface area (Å²) in [5, 5.41) is 6.34. The van der Waals surface area contributed by atoms with Gasteiger partial charge in [0.2, 0.25) is 0 Å². The maximum Gasteiger partial charge on any atom is 0.422 e. The highest BCUT2D eigenvalue weighted by molar-refractivity contribution is 14.0. The molecule has 8 heteroatoms. The molecule has 0 unspecified atom stereocenters. The number of hydrogen-bond donors (Lipinski definition) is 2. The van der Waals surface area contributed by atoms with Gasteiger partial charge in [0.15, 0.2) is 12.6 Å². The number of ether oxygens (including phenoxy) is 1. The van der Waals surface area contributed by atoms with Crippen LogP contribution >= 0.6 is 24.0 Å². The van der Waals surface area contributed by atoms with Crippen LogP contribution in [-0.4, -0.2) is 25.8 Å². The lowest BCUT2D eigenvalue weighted by atomic mass is 10.2. The molecule has 0 bridgehead atoms. The van der Waals surface area contributed by atoms with Gasteiger partial charge >= 0.3 is 6.18 Å². The van der Waals surface area contributed by atoms with Crippen LogP contribution in [0.4, 0.5) is 13.2 Å². The van der Waals surface area contributed by atoms with Crippen LogP contribution in [0.5, 0.6) is 5.75 Å². The lowest BCUT2D eigenvalue weighted by molar-refractivity contribution is -0.153. The molecule has 2 aromatic rings. The minimum absolute atomic E-state index is 0. The highest BCUT2D eigenvalue weighted by atomic mass is 127. The zero-order chi connectivity index (χ0) is 18.1. The van der Waals surface area contributed by atoms with Crippen molar-refractivity contribution in [2.75, 3.05) is 13.7 Å². The van der Waals surface area contributed by atoms with Gasteiger partial charge in [0.1, 0.15) is 5.75 Å². The fourth-order valence-corrected chi connectivity index (χ4v) is 2.06. The molecule has 0 radical (unpaired) electrons. The van der Waals surface area contributed by atoms with Gasteiger partial charge in [-0.25, -0.2) is 0 Å². The number of nitrogens with one attached hydrogen (secondary N) is 2. The van der Waals surface area contributed by atoms with Gasteiger partial charge in [0, 0.05) is 20.1 Å². The Labute approximate surface area is 167 Å². The number of hydrogen-bond acceptors (Lipinski definition) is 2. The van der Waals surface area contributed by atoms with Crippen molar-refractivity contribution in [2.45, 2.75) is 19.3 Å². The van der Waals surface area contributed by atoms with Crippen molar-refractivity contribution in [2.24, 2.45) is 4.99 Å². The van der Waals surface area contributed by atoms with Crippen molar-refractivity contribution in [3.63, 3.8) is 0 Å². The molecular formula is C18H21F3IN3O. The van der Waals surface area contributed by atoms with Crippen LogP contribution in [0.1, 0.15) is 11.1 Å². The Morgan fingerprint density at radius 2 is 1.46 bits per heavy atom. The summed E-state index contributed by atoms with van der Waals surface area (Å²) in [6.07, 6.45) is -4.34. The summed E-state index contributed by atoms with van der Waals surface area (Å²) < 4.78 is 41.0.